The number of hydrogen-bond acceptors (Lipinski definition) is 3. The number of amides is 1. The van der Waals surface area contributed by atoms with Crippen LogP contribution in [0.25, 0.3) is 11.0 Å². The molecule has 1 aromatic heterocycles. The van der Waals surface area contributed by atoms with Gasteiger partial charge in [-0.15, -0.1) is 0 Å². The number of furan rings is 1. The molecule has 0 aliphatic carbocycles. The first-order valence-corrected chi connectivity index (χ1v) is 6.67. The van der Waals surface area contributed by atoms with Crippen molar-refractivity contribution in [3.05, 3.63) is 35.8 Å². The number of aliphatic hydroxyl groups is 1. The number of para-hydroxylation sites is 1. The van der Waals surface area contributed by atoms with E-state index < -0.39 is 17.3 Å². The summed E-state index contributed by atoms with van der Waals surface area (Å²) in [6, 6.07) is 6.00. The summed E-state index contributed by atoms with van der Waals surface area (Å²) in [5.74, 6) is -0.916. The summed E-state index contributed by atoms with van der Waals surface area (Å²) in [7, 11) is 0. The molecule has 2 aromatic rings. The zero-order valence-corrected chi connectivity index (χ0v) is 11.6. The highest BCUT2D eigenvalue weighted by Crippen LogP contribution is 2.22. The summed E-state index contributed by atoms with van der Waals surface area (Å²) in [6.45, 7) is 3.84. The Bertz CT molecular complexity index is 617. The minimum Gasteiger partial charge on any atom is -0.448 e. The van der Waals surface area contributed by atoms with Crippen molar-refractivity contribution in [2.75, 3.05) is 6.54 Å². The van der Waals surface area contributed by atoms with Gasteiger partial charge in [0.1, 0.15) is 0 Å². The SMILES string of the molecule is CCC(O)(CC)CNC(=O)c1cc2cccc(F)c2o1. The summed E-state index contributed by atoms with van der Waals surface area (Å²) in [6.07, 6.45) is 1.08. The quantitative estimate of drug-likeness (QED) is 0.884. The lowest BCUT2D eigenvalue weighted by Gasteiger charge is -2.24. The predicted octanol–water partition coefficient (Wildman–Crippen LogP) is 2.85. The van der Waals surface area contributed by atoms with Gasteiger partial charge in [-0.25, -0.2) is 4.39 Å². The Hall–Kier alpha value is -1.88. The molecule has 0 saturated heterocycles. The Morgan fingerprint density at radius 3 is 2.70 bits per heavy atom. The number of benzene rings is 1. The van der Waals surface area contributed by atoms with Crippen LogP contribution in [0.1, 0.15) is 37.2 Å². The smallest absolute Gasteiger partial charge is 0.287 e. The normalized spacial score (nSPS) is 11.8. The Morgan fingerprint density at radius 2 is 2.10 bits per heavy atom. The first-order valence-electron chi connectivity index (χ1n) is 6.67. The molecule has 2 N–H and O–H groups in total. The first kappa shape index (κ1) is 14.5. The van der Waals surface area contributed by atoms with Gasteiger partial charge in [-0.1, -0.05) is 26.0 Å². The third kappa shape index (κ3) is 2.82. The zero-order valence-electron chi connectivity index (χ0n) is 11.6. The lowest BCUT2D eigenvalue weighted by Crippen LogP contribution is -2.41. The fourth-order valence-corrected chi connectivity index (χ4v) is 1.97. The lowest BCUT2D eigenvalue weighted by molar-refractivity contribution is 0.0310. The van der Waals surface area contributed by atoms with Crippen molar-refractivity contribution in [3.8, 4) is 0 Å². The number of carbonyl (C=O) groups excluding carboxylic acids is 1. The second kappa shape index (κ2) is 5.63. The summed E-state index contributed by atoms with van der Waals surface area (Å²) >= 11 is 0. The topological polar surface area (TPSA) is 62.5 Å². The number of halogens is 1. The molecule has 2 rings (SSSR count). The Balaban J connectivity index is 2.14. The maximum absolute atomic E-state index is 13.5. The highest BCUT2D eigenvalue weighted by Gasteiger charge is 2.24. The van der Waals surface area contributed by atoms with Crippen LogP contribution in [-0.4, -0.2) is 23.2 Å². The van der Waals surface area contributed by atoms with Gasteiger partial charge in [-0.2, -0.15) is 0 Å². The van der Waals surface area contributed by atoms with Crippen molar-refractivity contribution in [2.24, 2.45) is 0 Å². The van der Waals surface area contributed by atoms with Gasteiger partial charge in [0.15, 0.2) is 17.2 Å². The van der Waals surface area contributed by atoms with E-state index in [2.05, 4.69) is 5.32 Å². The molecule has 0 unspecified atom stereocenters. The molecule has 0 radical (unpaired) electrons. The second-order valence-corrected chi connectivity index (χ2v) is 4.88. The molecule has 1 heterocycles. The third-order valence-electron chi connectivity index (χ3n) is 3.61. The average molecular weight is 279 g/mol. The summed E-state index contributed by atoms with van der Waals surface area (Å²) in [4.78, 5) is 12.0. The highest BCUT2D eigenvalue weighted by molar-refractivity contribution is 5.96. The van der Waals surface area contributed by atoms with Crippen LogP contribution in [0.4, 0.5) is 4.39 Å². The second-order valence-electron chi connectivity index (χ2n) is 4.88. The molecule has 0 spiro atoms. The van der Waals surface area contributed by atoms with Gasteiger partial charge in [0.05, 0.1) is 5.60 Å². The summed E-state index contributed by atoms with van der Waals surface area (Å²) < 4.78 is 18.7. The van der Waals surface area contributed by atoms with Crippen molar-refractivity contribution in [3.63, 3.8) is 0 Å². The van der Waals surface area contributed by atoms with Crippen LogP contribution in [-0.2, 0) is 0 Å². The molecule has 0 fully saturated rings. The zero-order chi connectivity index (χ0) is 14.8. The number of rotatable bonds is 5. The standard InChI is InChI=1S/C15H18FNO3/c1-3-15(19,4-2)9-17-14(18)12-8-10-6-5-7-11(16)13(10)20-12/h5-8,19H,3-4,9H2,1-2H3,(H,17,18). The molecule has 4 nitrogen and oxygen atoms in total. The fourth-order valence-electron chi connectivity index (χ4n) is 1.97. The Labute approximate surface area is 116 Å². The van der Waals surface area contributed by atoms with Crippen molar-refractivity contribution in [1.29, 1.82) is 0 Å². The Kier molecular flexibility index (Phi) is 4.09. The molecule has 0 saturated carbocycles. The van der Waals surface area contributed by atoms with Crippen molar-refractivity contribution < 1.29 is 18.7 Å². The molecule has 0 atom stereocenters. The number of nitrogens with one attached hydrogen (secondary N) is 1. The molecule has 1 amide bonds. The van der Waals surface area contributed by atoms with E-state index in [0.717, 1.165) is 0 Å². The van der Waals surface area contributed by atoms with Crippen LogP contribution in [0, 0.1) is 5.82 Å². The van der Waals surface area contributed by atoms with E-state index in [4.69, 9.17) is 4.42 Å². The van der Waals surface area contributed by atoms with Gasteiger partial charge >= 0.3 is 0 Å². The van der Waals surface area contributed by atoms with E-state index >= 15 is 0 Å². The average Bonchev–Trinajstić information content (AvgIpc) is 2.90. The largest absolute Gasteiger partial charge is 0.448 e. The van der Waals surface area contributed by atoms with E-state index in [1.54, 1.807) is 12.1 Å². The maximum atomic E-state index is 13.5. The molecule has 1 aromatic carbocycles. The van der Waals surface area contributed by atoms with E-state index in [1.165, 1.54) is 12.1 Å². The van der Waals surface area contributed by atoms with E-state index in [0.29, 0.717) is 18.2 Å². The van der Waals surface area contributed by atoms with Gasteiger partial charge in [-0.3, -0.25) is 4.79 Å². The third-order valence-corrected chi connectivity index (χ3v) is 3.61. The minimum absolute atomic E-state index is 0.0413. The fraction of sp³-hybridized carbons (Fsp3) is 0.400. The molecule has 5 heteroatoms. The lowest BCUT2D eigenvalue weighted by atomic mass is 9.97. The van der Waals surface area contributed by atoms with Gasteiger partial charge < -0.3 is 14.8 Å². The highest BCUT2D eigenvalue weighted by atomic mass is 19.1. The predicted molar refractivity (Wildman–Crippen MR) is 74.0 cm³/mol. The number of carbonyl (C=O) groups is 1. The first-order chi connectivity index (χ1) is 9.49. The van der Waals surface area contributed by atoms with Crippen LogP contribution in [0.5, 0.6) is 0 Å². The maximum Gasteiger partial charge on any atom is 0.287 e. The van der Waals surface area contributed by atoms with Crippen molar-refractivity contribution in [1.82, 2.24) is 5.32 Å². The summed E-state index contributed by atoms with van der Waals surface area (Å²) in [5, 5.41) is 13.3. The molecule has 0 bridgehead atoms. The van der Waals surface area contributed by atoms with E-state index in [1.807, 2.05) is 13.8 Å². The summed E-state index contributed by atoms with van der Waals surface area (Å²) in [5.41, 5.74) is -0.855. The van der Waals surface area contributed by atoms with Crippen molar-refractivity contribution in [2.45, 2.75) is 32.3 Å². The van der Waals surface area contributed by atoms with Crippen LogP contribution in [0.15, 0.2) is 28.7 Å². The van der Waals surface area contributed by atoms with E-state index in [9.17, 15) is 14.3 Å². The minimum atomic E-state index is -0.924. The van der Waals surface area contributed by atoms with Gasteiger partial charge in [0.25, 0.3) is 5.91 Å². The van der Waals surface area contributed by atoms with Crippen LogP contribution in [0.3, 0.4) is 0 Å². The number of fused-ring (bicyclic) bond motifs is 1. The van der Waals surface area contributed by atoms with Crippen LogP contribution >= 0.6 is 0 Å². The number of hydrogen-bond donors (Lipinski definition) is 2. The van der Waals surface area contributed by atoms with Gasteiger partial charge in [0.2, 0.25) is 0 Å². The molecule has 20 heavy (non-hydrogen) atoms. The van der Waals surface area contributed by atoms with Crippen molar-refractivity contribution >= 4 is 16.9 Å². The molecule has 0 aliphatic heterocycles. The van der Waals surface area contributed by atoms with E-state index in [-0.39, 0.29) is 17.9 Å². The van der Waals surface area contributed by atoms with Gasteiger partial charge in [-0.05, 0) is 25.0 Å². The van der Waals surface area contributed by atoms with Gasteiger partial charge in [0, 0.05) is 11.9 Å². The monoisotopic (exact) mass is 279 g/mol. The molecular formula is C15H18FNO3. The van der Waals surface area contributed by atoms with Crippen LogP contribution < -0.4 is 5.32 Å². The molecule has 0 aliphatic rings. The molecular weight excluding hydrogens is 261 g/mol. The van der Waals surface area contributed by atoms with Crippen LogP contribution in [0.2, 0.25) is 0 Å². The Morgan fingerprint density at radius 1 is 1.40 bits per heavy atom. The molecule has 108 valence electrons.